The molecule has 0 radical (unpaired) electrons. The summed E-state index contributed by atoms with van der Waals surface area (Å²) in [7, 11) is 0. The van der Waals surface area contributed by atoms with Crippen LogP contribution in [0.25, 0.3) is 16.7 Å². The minimum Gasteiger partial charge on any atom is -0.478 e. The molecular weight excluding hydrogens is 344 g/mol. The Kier molecular flexibility index (Phi) is 3.23. The van der Waals surface area contributed by atoms with Gasteiger partial charge < -0.3 is 5.11 Å². The molecular formula is C14H8BrClN2O2. The molecule has 3 aromatic rings. The van der Waals surface area contributed by atoms with Gasteiger partial charge in [0, 0.05) is 9.50 Å². The van der Waals surface area contributed by atoms with Crippen molar-refractivity contribution in [3.05, 3.63) is 57.8 Å². The summed E-state index contributed by atoms with van der Waals surface area (Å²) >= 11 is 9.38. The highest BCUT2D eigenvalue weighted by molar-refractivity contribution is 9.10. The fraction of sp³-hybridized carbons (Fsp3) is 0. The summed E-state index contributed by atoms with van der Waals surface area (Å²) in [5.41, 5.74) is 2.54. The standard InChI is InChI=1S/C14H8BrClN2O2/c15-10-6-9(16)2-4-12(10)18-7-17-11-3-1-8(14(19)20)5-13(11)18/h1-7H,(H,19,20). The molecule has 0 atom stereocenters. The predicted octanol–water partition coefficient (Wildman–Crippen LogP) is 4.14. The first kappa shape index (κ1) is 13.1. The Hall–Kier alpha value is -1.85. The molecule has 0 saturated carbocycles. The predicted molar refractivity (Wildman–Crippen MR) is 80.7 cm³/mol. The molecule has 20 heavy (non-hydrogen) atoms. The maximum Gasteiger partial charge on any atom is 0.335 e. The van der Waals surface area contributed by atoms with Crippen molar-refractivity contribution < 1.29 is 9.90 Å². The van der Waals surface area contributed by atoms with Gasteiger partial charge in [-0.3, -0.25) is 4.57 Å². The Bertz CT molecular complexity index is 829. The quantitative estimate of drug-likeness (QED) is 0.755. The number of hydrogen-bond acceptors (Lipinski definition) is 2. The van der Waals surface area contributed by atoms with Crippen molar-refractivity contribution >= 4 is 44.5 Å². The number of imidazole rings is 1. The highest BCUT2D eigenvalue weighted by Crippen LogP contribution is 2.28. The average molecular weight is 352 g/mol. The topological polar surface area (TPSA) is 55.1 Å². The Morgan fingerprint density at radius 3 is 2.75 bits per heavy atom. The van der Waals surface area contributed by atoms with E-state index in [1.54, 1.807) is 36.7 Å². The number of halogens is 2. The Morgan fingerprint density at radius 1 is 1.25 bits per heavy atom. The summed E-state index contributed by atoms with van der Waals surface area (Å²) in [6.07, 6.45) is 1.66. The summed E-state index contributed by atoms with van der Waals surface area (Å²) < 4.78 is 2.63. The van der Waals surface area contributed by atoms with E-state index in [0.717, 1.165) is 21.2 Å². The van der Waals surface area contributed by atoms with E-state index in [1.807, 2.05) is 10.6 Å². The Balaban J connectivity index is 2.25. The third-order valence-corrected chi connectivity index (χ3v) is 3.83. The van der Waals surface area contributed by atoms with Crippen molar-refractivity contribution in [2.24, 2.45) is 0 Å². The number of aromatic carboxylic acids is 1. The van der Waals surface area contributed by atoms with E-state index >= 15 is 0 Å². The molecule has 1 N–H and O–H groups in total. The number of fused-ring (bicyclic) bond motifs is 1. The van der Waals surface area contributed by atoms with Crippen LogP contribution in [0, 0.1) is 0 Å². The molecule has 1 aromatic heterocycles. The number of carboxylic acids is 1. The largest absolute Gasteiger partial charge is 0.478 e. The third-order valence-electron chi connectivity index (χ3n) is 2.96. The summed E-state index contributed by atoms with van der Waals surface area (Å²) in [5.74, 6) is -0.963. The number of rotatable bonds is 2. The molecule has 2 aromatic carbocycles. The summed E-state index contributed by atoms with van der Waals surface area (Å²) in [6.45, 7) is 0. The first-order valence-electron chi connectivity index (χ1n) is 5.72. The van der Waals surface area contributed by atoms with E-state index in [9.17, 15) is 4.79 Å². The average Bonchev–Trinajstić information content (AvgIpc) is 2.81. The van der Waals surface area contributed by atoms with E-state index in [4.69, 9.17) is 16.7 Å². The molecule has 0 bridgehead atoms. The van der Waals surface area contributed by atoms with Crippen LogP contribution in [0.2, 0.25) is 5.02 Å². The molecule has 4 nitrogen and oxygen atoms in total. The van der Waals surface area contributed by atoms with Gasteiger partial charge in [0.1, 0.15) is 6.33 Å². The second-order valence-corrected chi connectivity index (χ2v) is 5.51. The van der Waals surface area contributed by atoms with E-state index < -0.39 is 5.97 Å². The molecule has 0 aliphatic carbocycles. The van der Waals surface area contributed by atoms with Crippen LogP contribution in [0.3, 0.4) is 0 Å². The molecule has 0 amide bonds. The van der Waals surface area contributed by atoms with Gasteiger partial charge in [-0.25, -0.2) is 9.78 Å². The van der Waals surface area contributed by atoms with Gasteiger partial charge in [0.05, 0.1) is 22.3 Å². The van der Waals surface area contributed by atoms with Crippen LogP contribution in [0.4, 0.5) is 0 Å². The summed E-state index contributed by atoms with van der Waals surface area (Å²) in [5, 5.41) is 9.70. The van der Waals surface area contributed by atoms with Crippen LogP contribution in [-0.2, 0) is 0 Å². The number of hydrogen-bond donors (Lipinski definition) is 1. The molecule has 3 rings (SSSR count). The van der Waals surface area contributed by atoms with Crippen LogP contribution in [0.15, 0.2) is 47.2 Å². The van der Waals surface area contributed by atoms with Gasteiger partial charge in [-0.1, -0.05) is 11.6 Å². The lowest BCUT2D eigenvalue weighted by Gasteiger charge is -2.07. The van der Waals surface area contributed by atoms with Gasteiger partial charge in [0.15, 0.2) is 0 Å². The normalized spacial score (nSPS) is 10.9. The van der Waals surface area contributed by atoms with Gasteiger partial charge in [0.2, 0.25) is 0 Å². The lowest BCUT2D eigenvalue weighted by atomic mass is 10.2. The molecule has 0 aliphatic heterocycles. The monoisotopic (exact) mass is 350 g/mol. The van der Waals surface area contributed by atoms with Crippen molar-refractivity contribution in [3.63, 3.8) is 0 Å². The van der Waals surface area contributed by atoms with E-state index in [-0.39, 0.29) is 5.56 Å². The number of carbonyl (C=O) groups is 1. The van der Waals surface area contributed by atoms with Crippen molar-refractivity contribution in [2.45, 2.75) is 0 Å². The maximum atomic E-state index is 11.1. The first-order valence-corrected chi connectivity index (χ1v) is 6.89. The minimum absolute atomic E-state index is 0.226. The second-order valence-electron chi connectivity index (χ2n) is 4.22. The smallest absolute Gasteiger partial charge is 0.335 e. The van der Waals surface area contributed by atoms with Crippen molar-refractivity contribution in [1.82, 2.24) is 9.55 Å². The van der Waals surface area contributed by atoms with Gasteiger partial charge in [-0.15, -0.1) is 0 Å². The third kappa shape index (κ3) is 2.19. The molecule has 0 saturated heterocycles. The Morgan fingerprint density at radius 2 is 2.05 bits per heavy atom. The fourth-order valence-electron chi connectivity index (χ4n) is 2.01. The zero-order valence-corrected chi connectivity index (χ0v) is 12.4. The molecule has 0 spiro atoms. The SMILES string of the molecule is O=C(O)c1ccc2ncn(-c3ccc(Cl)cc3Br)c2c1. The molecule has 0 fully saturated rings. The molecule has 100 valence electrons. The molecule has 0 aliphatic rings. The number of aromatic nitrogens is 2. The fourth-order valence-corrected chi connectivity index (χ4v) is 2.88. The lowest BCUT2D eigenvalue weighted by molar-refractivity contribution is 0.0697. The second kappa shape index (κ2) is 4.92. The van der Waals surface area contributed by atoms with Crippen LogP contribution in [0.1, 0.15) is 10.4 Å². The van der Waals surface area contributed by atoms with Crippen molar-refractivity contribution in [2.75, 3.05) is 0 Å². The number of carboxylic acid groups (broad SMARTS) is 1. The van der Waals surface area contributed by atoms with E-state index in [0.29, 0.717) is 5.02 Å². The molecule has 1 heterocycles. The minimum atomic E-state index is -0.963. The van der Waals surface area contributed by atoms with E-state index in [1.165, 1.54) is 0 Å². The molecule has 0 unspecified atom stereocenters. The summed E-state index contributed by atoms with van der Waals surface area (Å²) in [6, 6.07) is 10.2. The zero-order chi connectivity index (χ0) is 14.3. The van der Waals surface area contributed by atoms with Crippen LogP contribution >= 0.6 is 27.5 Å². The highest BCUT2D eigenvalue weighted by atomic mass is 79.9. The van der Waals surface area contributed by atoms with Crippen LogP contribution in [-0.4, -0.2) is 20.6 Å². The molecule has 6 heteroatoms. The van der Waals surface area contributed by atoms with Crippen molar-refractivity contribution in [3.8, 4) is 5.69 Å². The highest BCUT2D eigenvalue weighted by Gasteiger charge is 2.11. The maximum absolute atomic E-state index is 11.1. The summed E-state index contributed by atoms with van der Waals surface area (Å²) in [4.78, 5) is 15.3. The van der Waals surface area contributed by atoms with Gasteiger partial charge in [-0.05, 0) is 52.3 Å². The Labute approximate surface area is 127 Å². The number of benzene rings is 2. The van der Waals surface area contributed by atoms with Gasteiger partial charge in [-0.2, -0.15) is 0 Å². The van der Waals surface area contributed by atoms with Crippen LogP contribution in [0.5, 0.6) is 0 Å². The lowest BCUT2D eigenvalue weighted by Crippen LogP contribution is -1.98. The first-order chi connectivity index (χ1) is 9.56. The van der Waals surface area contributed by atoms with Gasteiger partial charge in [0.25, 0.3) is 0 Å². The number of nitrogens with zero attached hydrogens (tertiary/aromatic N) is 2. The van der Waals surface area contributed by atoms with Gasteiger partial charge >= 0.3 is 5.97 Å². The van der Waals surface area contributed by atoms with Crippen molar-refractivity contribution in [1.29, 1.82) is 0 Å². The van der Waals surface area contributed by atoms with Crippen LogP contribution < -0.4 is 0 Å². The van der Waals surface area contributed by atoms with E-state index in [2.05, 4.69) is 20.9 Å². The zero-order valence-electron chi connectivity index (χ0n) is 10.0.